The number of anilines is 1. The minimum Gasteiger partial charge on any atom is -0.472 e. The van der Waals surface area contributed by atoms with Crippen LogP contribution in [0.3, 0.4) is 0 Å². The molecule has 0 saturated heterocycles. The summed E-state index contributed by atoms with van der Waals surface area (Å²) in [6.07, 6.45) is 2.88. The first-order chi connectivity index (χ1) is 8.20. The van der Waals surface area contributed by atoms with Crippen LogP contribution in [0.2, 0.25) is 0 Å². The van der Waals surface area contributed by atoms with E-state index < -0.39 is 0 Å². The number of hydrogen-bond acceptors (Lipinski definition) is 3. The number of nitrogens with one attached hydrogen (secondary N) is 1. The van der Waals surface area contributed by atoms with Gasteiger partial charge in [-0.05, 0) is 30.2 Å². The summed E-state index contributed by atoms with van der Waals surface area (Å²) in [6.45, 7) is 2.39. The second-order valence-electron chi connectivity index (χ2n) is 3.82. The second-order valence-corrected chi connectivity index (χ2v) is 3.82. The molecule has 0 aliphatic carbocycles. The molecule has 3 N–H and O–H groups in total. The Bertz CT molecular complexity index is 518. The van der Waals surface area contributed by atoms with E-state index in [1.165, 1.54) is 12.5 Å². The number of benzene rings is 1. The molecule has 0 aliphatic rings. The van der Waals surface area contributed by atoms with Crippen LogP contribution in [-0.2, 0) is 6.54 Å². The van der Waals surface area contributed by atoms with Gasteiger partial charge in [0.1, 0.15) is 6.26 Å². The fraction of sp³-hybridized carbons (Fsp3) is 0.154. The van der Waals surface area contributed by atoms with Gasteiger partial charge in [0.05, 0.1) is 11.8 Å². The topological polar surface area (TPSA) is 68.3 Å². The van der Waals surface area contributed by atoms with Crippen molar-refractivity contribution in [1.29, 1.82) is 0 Å². The van der Waals surface area contributed by atoms with E-state index in [0.717, 1.165) is 16.8 Å². The monoisotopic (exact) mass is 230 g/mol. The Kier molecular flexibility index (Phi) is 3.25. The first kappa shape index (κ1) is 11.4. The number of rotatable bonds is 3. The maximum Gasteiger partial charge on any atom is 0.258 e. The van der Waals surface area contributed by atoms with Crippen molar-refractivity contribution in [3.8, 4) is 0 Å². The molecule has 0 saturated carbocycles. The quantitative estimate of drug-likeness (QED) is 0.850. The average molecular weight is 230 g/mol. The van der Waals surface area contributed by atoms with Crippen molar-refractivity contribution in [3.05, 3.63) is 53.5 Å². The van der Waals surface area contributed by atoms with Crippen LogP contribution < -0.4 is 11.1 Å². The zero-order chi connectivity index (χ0) is 12.3. The summed E-state index contributed by atoms with van der Waals surface area (Å²) in [5.41, 5.74) is 8.83. The Morgan fingerprint density at radius 3 is 2.88 bits per heavy atom. The van der Waals surface area contributed by atoms with Crippen LogP contribution in [0.25, 0.3) is 0 Å². The molecule has 0 fully saturated rings. The molecule has 4 heteroatoms. The summed E-state index contributed by atoms with van der Waals surface area (Å²) >= 11 is 0. The molecule has 17 heavy (non-hydrogen) atoms. The van der Waals surface area contributed by atoms with Gasteiger partial charge in [-0.2, -0.15) is 0 Å². The zero-order valence-electron chi connectivity index (χ0n) is 9.57. The van der Waals surface area contributed by atoms with E-state index in [2.05, 4.69) is 5.32 Å². The third kappa shape index (κ3) is 2.54. The summed E-state index contributed by atoms with van der Waals surface area (Å²) < 4.78 is 4.87. The Morgan fingerprint density at radius 1 is 1.41 bits per heavy atom. The Morgan fingerprint density at radius 2 is 2.24 bits per heavy atom. The molecule has 1 aromatic heterocycles. The Balaban J connectivity index is 2.21. The number of furan rings is 1. The molecule has 0 atom stereocenters. The molecule has 0 bridgehead atoms. The van der Waals surface area contributed by atoms with Crippen LogP contribution in [-0.4, -0.2) is 5.91 Å². The van der Waals surface area contributed by atoms with Crippen LogP contribution in [0, 0.1) is 6.92 Å². The largest absolute Gasteiger partial charge is 0.472 e. The van der Waals surface area contributed by atoms with E-state index in [-0.39, 0.29) is 5.91 Å². The highest BCUT2D eigenvalue weighted by Gasteiger charge is 2.08. The van der Waals surface area contributed by atoms with Crippen molar-refractivity contribution in [1.82, 2.24) is 0 Å². The predicted molar refractivity (Wildman–Crippen MR) is 65.7 cm³/mol. The van der Waals surface area contributed by atoms with E-state index in [9.17, 15) is 4.79 Å². The van der Waals surface area contributed by atoms with Crippen LogP contribution >= 0.6 is 0 Å². The summed E-state index contributed by atoms with van der Waals surface area (Å²) in [6, 6.07) is 7.39. The summed E-state index contributed by atoms with van der Waals surface area (Å²) in [5, 5.41) is 2.83. The molecule has 1 heterocycles. The van der Waals surface area contributed by atoms with E-state index in [1.807, 2.05) is 25.1 Å². The lowest BCUT2D eigenvalue weighted by atomic mass is 10.1. The molecular weight excluding hydrogens is 216 g/mol. The van der Waals surface area contributed by atoms with E-state index in [4.69, 9.17) is 10.2 Å². The standard InChI is InChI=1S/C13H14N2O2/c1-9-2-3-10(7-14)6-12(9)15-13(16)11-4-5-17-8-11/h2-6,8H,7,14H2,1H3,(H,15,16). The van der Waals surface area contributed by atoms with Gasteiger partial charge in [0.15, 0.2) is 0 Å². The van der Waals surface area contributed by atoms with Crippen LogP contribution in [0.5, 0.6) is 0 Å². The van der Waals surface area contributed by atoms with Crippen LogP contribution in [0.1, 0.15) is 21.5 Å². The summed E-state index contributed by atoms with van der Waals surface area (Å²) in [4.78, 5) is 11.8. The minimum atomic E-state index is -0.184. The van der Waals surface area contributed by atoms with Gasteiger partial charge in [-0.15, -0.1) is 0 Å². The van der Waals surface area contributed by atoms with E-state index >= 15 is 0 Å². The lowest BCUT2D eigenvalue weighted by Gasteiger charge is -2.09. The highest BCUT2D eigenvalue weighted by atomic mass is 16.3. The molecule has 1 amide bonds. The van der Waals surface area contributed by atoms with Crippen molar-refractivity contribution in [3.63, 3.8) is 0 Å². The van der Waals surface area contributed by atoms with E-state index in [0.29, 0.717) is 12.1 Å². The molecule has 2 aromatic rings. The number of hydrogen-bond donors (Lipinski definition) is 2. The number of amides is 1. The predicted octanol–water partition coefficient (Wildman–Crippen LogP) is 2.30. The molecular formula is C13H14N2O2. The van der Waals surface area contributed by atoms with E-state index in [1.54, 1.807) is 6.07 Å². The van der Waals surface area contributed by atoms with Gasteiger partial charge in [-0.3, -0.25) is 4.79 Å². The molecule has 0 spiro atoms. The Labute approximate surface area is 99.4 Å². The van der Waals surface area contributed by atoms with Gasteiger partial charge in [0, 0.05) is 12.2 Å². The summed E-state index contributed by atoms with van der Waals surface area (Å²) in [7, 11) is 0. The van der Waals surface area contributed by atoms with Gasteiger partial charge < -0.3 is 15.5 Å². The van der Waals surface area contributed by atoms with Gasteiger partial charge in [0.25, 0.3) is 5.91 Å². The van der Waals surface area contributed by atoms with Crippen molar-refractivity contribution < 1.29 is 9.21 Å². The lowest BCUT2D eigenvalue weighted by Crippen LogP contribution is -2.12. The highest BCUT2D eigenvalue weighted by molar-refractivity contribution is 6.04. The first-order valence-corrected chi connectivity index (χ1v) is 5.34. The molecule has 4 nitrogen and oxygen atoms in total. The first-order valence-electron chi connectivity index (χ1n) is 5.34. The lowest BCUT2D eigenvalue weighted by molar-refractivity contribution is 0.102. The van der Waals surface area contributed by atoms with Crippen molar-refractivity contribution >= 4 is 11.6 Å². The van der Waals surface area contributed by atoms with Gasteiger partial charge in [-0.1, -0.05) is 12.1 Å². The normalized spacial score (nSPS) is 10.2. The fourth-order valence-corrected chi connectivity index (χ4v) is 1.52. The summed E-state index contributed by atoms with van der Waals surface area (Å²) in [5.74, 6) is -0.184. The van der Waals surface area contributed by atoms with Crippen molar-refractivity contribution in [2.75, 3.05) is 5.32 Å². The van der Waals surface area contributed by atoms with Gasteiger partial charge in [0.2, 0.25) is 0 Å². The third-order valence-electron chi connectivity index (χ3n) is 2.57. The molecule has 88 valence electrons. The van der Waals surface area contributed by atoms with Crippen LogP contribution in [0.4, 0.5) is 5.69 Å². The van der Waals surface area contributed by atoms with Gasteiger partial charge in [-0.25, -0.2) is 0 Å². The Hall–Kier alpha value is -2.07. The average Bonchev–Trinajstić information content (AvgIpc) is 2.85. The number of nitrogens with two attached hydrogens (primary N) is 1. The maximum atomic E-state index is 11.8. The molecule has 2 rings (SSSR count). The number of aryl methyl sites for hydroxylation is 1. The molecule has 0 radical (unpaired) electrons. The number of carbonyl (C=O) groups excluding carboxylic acids is 1. The molecule has 1 aromatic carbocycles. The number of carbonyl (C=O) groups is 1. The maximum absolute atomic E-state index is 11.8. The highest BCUT2D eigenvalue weighted by Crippen LogP contribution is 2.17. The smallest absolute Gasteiger partial charge is 0.258 e. The minimum absolute atomic E-state index is 0.184. The second kappa shape index (κ2) is 4.84. The SMILES string of the molecule is Cc1ccc(CN)cc1NC(=O)c1ccoc1. The molecule has 0 unspecified atom stereocenters. The van der Waals surface area contributed by atoms with Crippen LogP contribution in [0.15, 0.2) is 41.2 Å². The van der Waals surface area contributed by atoms with Gasteiger partial charge >= 0.3 is 0 Å². The fourth-order valence-electron chi connectivity index (χ4n) is 1.52. The van der Waals surface area contributed by atoms with Crippen molar-refractivity contribution in [2.45, 2.75) is 13.5 Å². The zero-order valence-corrected chi connectivity index (χ0v) is 9.57. The molecule has 0 aliphatic heterocycles. The third-order valence-corrected chi connectivity index (χ3v) is 2.57. The van der Waals surface area contributed by atoms with Crippen molar-refractivity contribution in [2.24, 2.45) is 5.73 Å².